The highest BCUT2D eigenvalue weighted by atomic mass is 19.3. The third-order valence-corrected chi connectivity index (χ3v) is 3.90. The molecule has 1 aliphatic carbocycles. The first-order valence-corrected chi connectivity index (χ1v) is 6.02. The number of aliphatic imine (C=N–C) groups is 1. The molecule has 2 aliphatic rings. The molecule has 102 valence electrons. The zero-order valence-corrected chi connectivity index (χ0v) is 10.2. The van der Waals surface area contributed by atoms with Crippen LogP contribution in [-0.2, 0) is 10.3 Å². The van der Waals surface area contributed by atoms with E-state index in [1.165, 1.54) is 25.1 Å². The van der Waals surface area contributed by atoms with Crippen LogP contribution in [-0.4, -0.2) is 18.6 Å². The molecule has 0 radical (unpaired) electrons. The lowest BCUT2D eigenvalue weighted by atomic mass is 9.82. The van der Waals surface area contributed by atoms with Gasteiger partial charge in [-0.1, -0.05) is 12.1 Å². The quantitative estimate of drug-likeness (QED) is 0.896. The van der Waals surface area contributed by atoms with Crippen molar-refractivity contribution < 1.29 is 17.9 Å². The number of amidine groups is 1. The van der Waals surface area contributed by atoms with Crippen molar-refractivity contribution in [2.24, 2.45) is 16.6 Å². The Labute approximate surface area is 108 Å². The summed E-state index contributed by atoms with van der Waals surface area (Å²) in [4.78, 5) is 3.86. The fraction of sp³-hybridized carbons (Fsp3) is 0.462. The largest absolute Gasteiger partial charge is 0.462 e. The number of fused-ring (bicyclic) bond motifs is 1. The van der Waals surface area contributed by atoms with Crippen LogP contribution < -0.4 is 5.73 Å². The Hall–Kier alpha value is -1.72. The van der Waals surface area contributed by atoms with Crippen molar-refractivity contribution in [2.75, 3.05) is 0 Å². The first-order valence-electron chi connectivity index (χ1n) is 6.02. The molecule has 0 bridgehead atoms. The van der Waals surface area contributed by atoms with Crippen LogP contribution in [0.2, 0.25) is 0 Å². The molecule has 0 spiro atoms. The van der Waals surface area contributed by atoms with Crippen LogP contribution in [0, 0.1) is 18.7 Å². The first-order chi connectivity index (χ1) is 8.96. The van der Waals surface area contributed by atoms with Crippen molar-refractivity contribution in [1.82, 2.24) is 0 Å². The highest BCUT2D eigenvalue weighted by molar-refractivity contribution is 5.74. The van der Waals surface area contributed by atoms with Crippen molar-refractivity contribution in [1.29, 1.82) is 0 Å². The molecule has 3 atom stereocenters. The molecule has 3 rings (SSSR count). The molecule has 3 unspecified atom stereocenters. The maximum atomic E-state index is 13.7. The smallest absolute Gasteiger partial charge is 0.283 e. The van der Waals surface area contributed by atoms with E-state index in [0.29, 0.717) is 6.42 Å². The van der Waals surface area contributed by atoms with Gasteiger partial charge >= 0.3 is 0 Å². The number of hydrogen-bond donors (Lipinski definition) is 1. The van der Waals surface area contributed by atoms with E-state index in [1.807, 2.05) is 0 Å². The standard InChI is InChI=1S/C13H13F3N2O/c1-6-7(3-2-4-9(6)14)13(11(15)16)8-5-10(8)19-12(17)18-13/h2-4,8,10-11H,5H2,1H3,(H2,17,18). The average Bonchev–Trinajstić information content (AvgIpc) is 3.10. The summed E-state index contributed by atoms with van der Waals surface area (Å²) in [7, 11) is 0. The Kier molecular flexibility index (Phi) is 2.52. The number of alkyl halides is 2. The highest BCUT2D eigenvalue weighted by Gasteiger charge is 2.63. The fourth-order valence-electron chi connectivity index (χ4n) is 2.84. The van der Waals surface area contributed by atoms with E-state index in [-0.39, 0.29) is 23.3 Å². The zero-order valence-electron chi connectivity index (χ0n) is 10.2. The van der Waals surface area contributed by atoms with Gasteiger partial charge in [0.2, 0.25) is 0 Å². The molecule has 2 N–H and O–H groups in total. The first kappa shape index (κ1) is 12.3. The van der Waals surface area contributed by atoms with Gasteiger partial charge in [-0.05, 0) is 30.5 Å². The Morgan fingerprint density at radius 2 is 2.21 bits per heavy atom. The van der Waals surface area contributed by atoms with Gasteiger partial charge in [0.1, 0.15) is 11.9 Å². The van der Waals surface area contributed by atoms with Gasteiger partial charge in [-0.15, -0.1) is 0 Å². The van der Waals surface area contributed by atoms with Gasteiger partial charge in [0.25, 0.3) is 12.4 Å². The molecular weight excluding hydrogens is 257 g/mol. The van der Waals surface area contributed by atoms with Gasteiger partial charge in [-0.2, -0.15) is 0 Å². The van der Waals surface area contributed by atoms with Gasteiger partial charge in [0.05, 0.1) is 0 Å². The average molecular weight is 270 g/mol. The topological polar surface area (TPSA) is 47.6 Å². The van der Waals surface area contributed by atoms with Gasteiger partial charge < -0.3 is 10.5 Å². The molecule has 1 aromatic rings. The van der Waals surface area contributed by atoms with Gasteiger partial charge in [-0.25, -0.2) is 18.2 Å². The number of nitrogens with two attached hydrogens (primary N) is 1. The molecule has 1 heterocycles. The second-order valence-corrected chi connectivity index (χ2v) is 4.99. The summed E-state index contributed by atoms with van der Waals surface area (Å²) < 4.78 is 46.2. The molecule has 3 nitrogen and oxygen atoms in total. The molecular formula is C13H13F3N2O. The monoisotopic (exact) mass is 270 g/mol. The molecule has 1 aromatic carbocycles. The number of benzene rings is 1. The lowest BCUT2D eigenvalue weighted by Gasteiger charge is -2.34. The van der Waals surface area contributed by atoms with Gasteiger partial charge in [-0.3, -0.25) is 0 Å². The number of ether oxygens (including phenoxy) is 1. The van der Waals surface area contributed by atoms with Crippen LogP contribution in [0.1, 0.15) is 17.5 Å². The number of rotatable bonds is 2. The van der Waals surface area contributed by atoms with Crippen molar-refractivity contribution in [3.05, 3.63) is 35.1 Å². The van der Waals surface area contributed by atoms with E-state index in [0.717, 1.165) is 0 Å². The summed E-state index contributed by atoms with van der Waals surface area (Å²) >= 11 is 0. The van der Waals surface area contributed by atoms with E-state index in [2.05, 4.69) is 4.99 Å². The molecule has 1 fully saturated rings. The summed E-state index contributed by atoms with van der Waals surface area (Å²) in [6, 6.07) is 3.90. The summed E-state index contributed by atoms with van der Waals surface area (Å²) in [5, 5.41) is 0. The zero-order chi connectivity index (χ0) is 13.8. The van der Waals surface area contributed by atoms with Crippen LogP contribution in [0.25, 0.3) is 0 Å². The lowest BCUT2D eigenvalue weighted by Crippen LogP contribution is -2.43. The summed E-state index contributed by atoms with van der Waals surface area (Å²) in [6.45, 7) is 1.48. The number of halogens is 3. The lowest BCUT2D eigenvalue weighted by molar-refractivity contribution is 0.0191. The van der Waals surface area contributed by atoms with Gasteiger partial charge in [0.15, 0.2) is 5.54 Å². The number of hydrogen-bond acceptors (Lipinski definition) is 3. The Morgan fingerprint density at radius 1 is 1.47 bits per heavy atom. The van der Waals surface area contributed by atoms with Crippen LogP contribution in [0.3, 0.4) is 0 Å². The summed E-state index contributed by atoms with van der Waals surface area (Å²) in [6.07, 6.45) is -2.63. The van der Waals surface area contributed by atoms with Crippen LogP contribution in [0.5, 0.6) is 0 Å². The number of nitrogens with zero attached hydrogens (tertiary/aromatic N) is 1. The van der Waals surface area contributed by atoms with Crippen LogP contribution in [0.4, 0.5) is 13.2 Å². The molecule has 0 amide bonds. The Morgan fingerprint density at radius 3 is 2.89 bits per heavy atom. The molecule has 1 saturated carbocycles. The normalized spacial score (nSPS) is 32.6. The van der Waals surface area contributed by atoms with Crippen LogP contribution >= 0.6 is 0 Å². The minimum atomic E-state index is -2.76. The molecule has 6 heteroatoms. The predicted molar refractivity (Wildman–Crippen MR) is 63.4 cm³/mol. The predicted octanol–water partition coefficient (Wildman–Crippen LogP) is 2.33. The van der Waals surface area contributed by atoms with Crippen molar-refractivity contribution in [2.45, 2.75) is 31.4 Å². The second kappa shape index (κ2) is 3.88. The van der Waals surface area contributed by atoms with E-state index < -0.39 is 23.7 Å². The molecule has 0 aromatic heterocycles. The SMILES string of the molecule is Cc1c(F)cccc1C1(C(F)F)N=C(N)OC2CC21. The van der Waals surface area contributed by atoms with E-state index >= 15 is 0 Å². The Bertz CT molecular complexity index is 561. The Balaban J connectivity index is 2.22. The maximum absolute atomic E-state index is 13.7. The van der Waals surface area contributed by atoms with E-state index in [4.69, 9.17) is 10.5 Å². The third-order valence-electron chi connectivity index (χ3n) is 3.90. The summed E-state index contributed by atoms with van der Waals surface area (Å²) in [5.74, 6) is -0.963. The molecule has 0 saturated heterocycles. The van der Waals surface area contributed by atoms with E-state index in [1.54, 1.807) is 0 Å². The second-order valence-electron chi connectivity index (χ2n) is 4.99. The summed E-state index contributed by atoms with van der Waals surface area (Å²) in [5.41, 5.74) is 4.10. The third kappa shape index (κ3) is 1.62. The minimum absolute atomic E-state index is 0.187. The van der Waals surface area contributed by atoms with Crippen molar-refractivity contribution in [3.63, 3.8) is 0 Å². The molecule has 19 heavy (non-hydrogen) atoms. The van der Waals surface area contributed by atoms with E-state index in [9.17, 15) is 13.2 Å². The van der Waals surface area contributed by atoms with Crippen molar-refractivity contribution >= 4 is 6.02 Å². The van der Waals surface area contributed by atoms with Crippen LogP contribution in [0.15, 0.2) is 23.2 Å². The molecule has 1 aliphatic heterocycles. The fourth-order valence-corrected chi connectivity index (χ4v) is 2.84. The van der Waals surface area contributed by atoms with Gasteiger partial charge in [0, 0.05) is 5.92 Å². The van der Waals surface area contributed by atoms with Crippen molar-refractivity contribution in [3.8, 4) is 0 Å². The highest BCUT2D eigenvalue weighted by Crippen LogP contribution is 2.56. The minimum Gasteiger partial charge on any atom is -0.462 e. The maximum Gasteiger partial charge on any atom is 0.283 e.